The van der Waals surface area contributed by atoms with Crippen molar-refractivity contribution in [3.8, 4) is 0 Å². The summed E-state index contributed by atoms with van der Waals surface area (Å²) in [6.45, 7) is 0. The summed E-state index contributed by atoms with van der Waals surface area (Å²) in [4.78, 5) is 7.74. The fourth-order valence-electron chi connectivity index (χ4n) is 1.50. The van der Waals surface area contributed by atoms with E-state index in [9.17, 15) is 9.60 Å². The molecule has 5 N–H and O–H groups in total. The normalized spacial score (nSPS) is 12.3. The molecule has 0 aliphatic rings. The quantitative estimate of drug-likeness (QED) is 0.244. The molecule has 0 amide bonds. The van der Waals surface area contributed by atoms with E-state index in [1.54, 1.807) is 0 Å². The molecule has 0 aliphatic carbocycles. The van der Waals surface area contributed by atoms with Gasteiger partial charge in [-0.3, -0.25) is 16.1 Å². The molecule has 1 heterocycles. The van der Waals surface area contributed by atoms with Crippen LogP contribution >= 0.6 is 27.7 Å². The SMILES string of the molecule is N=CN=C(N)CSc1nonc1C(=Nc1ccc(F)c(Br)c1)NO. The maximum absolute atomic E-state index is 13.3. The largest absolute Gasteiger partial charge is 0.386 e. The van der Waals surface area contributed by atoms with Crippen molar-refractivity contribution >= 4 is 51.4 Å². The molecule has 0 saturated heterocycles. The average Bonchev–Trinajstić information content (AvgIpc) is 3.02. The molecule has 2 rings (SSSR count). The number of hydrogen-bond acceptors (Lipinski definition) is 7. The summed E-state index contributed by atoms with van der Waals surface area (Å²) in [5.74, 6) is -0.0355. The van der Waals surface area contributed by atoms with E-state index in [0.29, 0.717) is 10.7 Å². The number of nitrogens with two attached hydrogens (primary N) is 1. The molecular weight excluding hydrogens is 405 g/mol. The Morgan fingerprint density at radius 2 is 2.33 bits per heavy atom. The highest BCUT2D eigenvalue weighted by atomic mass is 79.9. The van der Waals surface area contributed by atoms with Gasteiger partial charge in [0.1, 0.15) is 18.0 Å². The molecule has 0 aliphatic heterocycles. The number of nitrogens with one attached hydrogen (secondary N) is 2. The molecule has 12 heteroatoms. The van der Waals surface area contributed by atoms with Crippen LogP contribution in [0.25, 0.3) is 0 Å². The van der Waals surface area contributed by atoms with Crippen LogP contribution in [0.3, 0.4) is 0 Å². The first-order valence-corrected chi connectivity index (χ1v) is 8.03. The highest BCUT2D eigenvalue weighted by Crippen LogP contribution is 2.24. The van der Waals surface area contributed by atoms with Gasteiger partial charge in [-0.25, -0.2) is 19.0 Å². The number of aromatic nitrogens is 2. The van der Waals surface area contributed by atoms with Crippen LogP contribution in [0.5, 0.6) is 0 Å². The zero-order valence-electron chi connectivity index (χ0n) is 11.9. The predicted molar refractivity (Wildman–Crippen MR) is 90.6 cm³/mol. The summed E-state index contributed by atoms with van der Waals surface area (Å²) in [5.41, 5.74) is 7.99. The Morgan fingerprint density at radius 1 is 1.54 bits per heavy atom. The van der Waals surface area contributed by atoms with Crippen LogP contribution in [0.2, 0.25) is 0 Å². The number of hydroxylamine groups is 1. The van der Waals surface area contributed by atoms with Crippen LogP contribution in [0.4, 0.5) is 10.1 Å². The molecule has 9 nitrogen and oxygen atoms in total. The third-order valence-electron chi connectivity index (χ3n) is 2.52. The van der Waals surface area contributed by atoms with Crippen LogP contribution in [-0.2, 0) is 0 Å². The summed E-state index contributed by atoms with van der Waals surface area (Å²) >= 11 is 4.19. The van der Waals surface area contributed by atoms with Crippen molar-refractivity contribution in [1.29, 1.82) is 5.41 Å². The third-order valence-corrected chi connectivity index (χ3v) is 4.11. The maximum atomic E-state index is 13.3. The number of hydrogen-bond donors (Lipinski definition) is 4. The van der Waals surface area contributed by atoms with Crippen LogP contribution in [0.1, 0.15) is 5.69 Å². The highest BCUT2D eigenvalue weighted by Gasteiger charge is 2.17. The zero-order valence-corrected chi connectivity index (χ0v) is 14.3. The Morgan fingerprint density at radius 3 is 3.00 bits per heavy atom. The Balaban J connectivity index is 2.26. The van der Waals surface area contributed by atoms with Crippen molar-refractivity contribution in [2.75, 3.05) is 5.75 Å². The Bertz CT molecular complexity index is 795. The number of thioether (sulfide) groups is 1. The molecule has 2 aromatic rings. The lowest BCUT2D eigenvalue weighted by atomic mass is 10.3. The first kappa shape index (κ1) is 18.0. The minimum atomic E-state index is -0.437. The summed E-state index contributed by atoms with van der Waals surface area (Å²) < 4.78 is 18.1. The second-order valence-electron chi connectivity index (χ2n) is 4.13. The maximum Gasteiger partial charge on any atom is 0.186 e. The van der Waals surface area contributed by atoms with Crippen molar-refractivity contribution in [2.45, 2.75) is 5.03 Å². The van der Waals surface area contributed by atoms with E-state index in [1.165, 1.54) is 18.2 Å². The molecule has 0 fully saturated rings. The molecule has 0 atom stereocenters. The van der Waals surface area contributed by atoms with Gasteiger partial charge in [0.15, 0.2) is 16.6 Å². The molecular formula is C12H11BrFN7O2S. The monoisotopic (exact) mass is 415 g/mol. The first-order valence-electron chi connectivity index (χ1n) is 6.25. The molecule has 0 bridgehead atoms. The van der Waals surface area contributed by atoms with Crippen LogP contribution in [0, 0.1) is 11.2 Å². The number of rotatable bonds is 6. The average molecular weight is 416 g/mol. The van der Waals surface area contributed by atoms with Gasteiger partial charge in [-0.05, 0) is 44.4 Å². The van der Waals surface area contributed by atoms with Crippen molar-refractivity contribution in [1.82, 2.24) is 15.8 Å². The molecule has 24 heavy (non-hydrogen) atoms. The van der Waals surface area contributed by atoms with Gasteiger partial charge >= 0.3 is 0 Å². The second-order valence-corrected chi connectivity index (χ2v) is 5.95. The van der Waals surface area contributed by atoms with Crippen molar-refractivity contribution in [2.24, 2.45) is 15.7 Å². The van der Waals surface area contributed by atoms with Gasteiger partial charge in [0.05, 0.1) is 15.9 Å². The minimum Gasteiger partial charge on any atom is -0.386 e. The van der Waals surface area contributed by atoms with Gasteiger partial charge in [-0.1, -0.05) is 11.8 Å². The van der Waals surface area contributed by atoms with Crippen LogP contribution < -0.4 is 11.2 Å². The van der Waals surface area contributed by atoms with Gasteiger partial charge in [0.25, 0.3) is 0 Å². The summed E-state index contributed by atoms with van der Waals surface area (Å²) in [7, 11) is 0. The van der Waals surface area contributed by atoms with E-state index in [1.807, 2.05) is 5.48 Å². The van der Waals surface area contributed by atoms with E-state index in [0.717, 1.165) is 18.1 Å². The van der Waals surface area contributed by atoms with Gasteiger partial charge in [-0.15, -0.1) is 0 Å². The van der Waals surface area contributed by atoms with E-state index >= 15 is 0 Å². The lowest BCUT2D eigenvalue weighted by molar-refractivity contribution is 0.234. The van der Waals surface area contributed by atoms with Gasteiger partial charge < -0.3 is 5.73 Å². The second kappa shape index (κ2) is 8.52. The fourth-order valence-corrected chi connectivity index (χ4v) is 2.58. The lowest BCUT2D eigenvalue weighted by Gasteiger charge is -2.03. The summed E-state index contributed by atoms with van der Waals surface area (Å²) in [6, 6.07) is 4.08. The number of nitrogens with zero attached hydrogens (tertiary/aromatic N) is 4. The minimum absolute atomic E-state index is 0.0418. The summed E-state index contributed by atoms with van der Waals surface area (Å²) in [5, 5.41) is 23.8. The third kappa shape index (κ3) is 4.59. The van der Waals surface area contributed by atoms with E-state index in [4.69, 9.17) is 11.1 Å². The first-order chi connectivity index (χ1) is 11.5. The highest BCUT2D eigenvalue weighted by molar-refractivity contribution is 9.10. The molecule has 0 radical (unpaired) electrons. The molecule has 1 aromatic carbocycles. The van der Waals surface area contributed by atoms with Crippen molar-refractivity contribution in [3.63, 3.8) is 0 Å². The van der Waals surface area contributed by atoms with E-state index in [-0.39, 0.29) is 27.6 Å². The van der Waals surface area contributed by atoms with Crippen molar-refractivity contribution < 1.29 is 14.2 Å². The number of halogens is 2. The molecule has 0 spiro atoms. The van der Waals surface area contributed by atoms with Crippen LogP contribution in [-0.4, -0.2) is 39.3 Å². The number of amidine groups is 2. The topological polar surface area (TPSA) is 146 Å². The smallest absolute Gasteiger partial charge is 0.186 e. The molecule has 0 unspecified atom stereocenters. The van der Waals surface area contributed by atoms with E-state index < -0.39 is 5.82 Å². The number of benzene rings is 1. The fraction of sp³-hybridized carbons (Fsp3) is 0.0833. The molecule has 0 saturated carbocycles. The lowest BCUT2D eigenvalue weighted by Crippen LogP contribution is -2.21. The zero-order chi connectivity index (χ0) is 17.5. The van der Waals surface area contributed by atoms with Gasteiger partial charge in [0.2, 0.25) is 0 Å². The Hall–Kier alpha value is -2.31. The van der Waals surface area contributed by atoms with Gasteiger partial charge in [0, 0.05) is 0 Å². The predicted octanol–water partition coefficient (Wildman–Crippen LogP) is 2.08. The van der Waals surface area contributed by atoms with Crippen LogP contribution in [0.15, 0.2) is 42.3 Å². The Kier molecular flexibility index (Phi) is 6.40. The number of aliphatic imine (C=N–C) groups is 2. The van der Waals surface area contributed by atoms with E-state index in [2.05, 4.69) is 40.9 Å². The molecule has 126 valence electrons. The standard InChI is InChI=1S/C12H11BrFN7O2S/c13-7-3-6(1-2-8(7)14)18-11(19-22)10-12(21-23-20-10)24-4-9(16)17-5-15/h1-3,5,22H,4H2,(H,18,19)(H3,15,16,17). The summed E-state index contributed by atoms with van der Waals surface area (Å²) in [6.07, 6.45) is 0.826. The van der Waals surface area contributed by atoms with Gasteiger partial charge in [-0.2, -0.15) is 0 Å². The Labute approximate surface area is 147 Å². The van der Waals surface area contributed by atoms with Crippen molar-refractivity contribution in [3.05, 3.63) is 34.2 Å². The molecule has 1 aromatic heterocycles.